The summed E-state index contributed by atoms with van der Waals surface area (Å²) < 4.78 is 5.06. The lowest BCUT2D eigenvalue weighted by atomic mass is 10.1. The van der Waals surface area contributed by atoms with Gasteiger partial charge in [-0.05, 0) is 38.5 Å². The SMILES string of the molecule is CC(C)(C)OC(=O)NNCc1cccc(C#N)c1. The Balaban J connectivity index is 2.38. The number of nitrogens with one attached hydrogen (secondary N) is 2. The second-order valence-electron chi connectivity index (χ2n) is 4.79. The number of nitrogens with zero attached hydrogens (tertiary/aromatic N) is 1. The van der Waals surface area contributed by atoms with Crippen LogP contribution in [0.3, 0.4) is 0 Å². The van der Waals surface area contributed by atoms with Crippen LogP contribution in [0.15, 0.2) is 24.3 Å². The molecule has 2 N–H and O–H groups in total. The molecule has 0 unspecified atom stereocenters. The minimum absolute atomic E-state index is 0.425. The number of amides is 1. The second kappa shape index (κ2) is 6.03. The Kier molecular flexibility index (Phi) is 4.69. The van der Waals surface area contributed by atoms with Gasteiger partial charge in [-0.3, -0.25) is 5.43 Å². The van der Waals surface area contributed by atoms with Gasteiger partial charge in [-0.25, -0.2) is 10.2 Å². The average Bonchev–Trinajstić information content (AvgIpc) is 2.27. The van der Waals surface area contributed by atoms with Crippen molar-refractivity contribution in [1.82, 2.24) is 10.9 Å². The van der Waals surface area contributed by atoms with Crippen molar-refractivity contribution in [3.8, 4) is 6.07 Å². The van der Waals surface area contributed by atoms with Crippen molar-refractivity contribution in [2.45, 2.75) is 32.9 Å². The molecule has 0 bridgehead atoms. The first-order chi connectivity index (χ1) is 8.40. The van der Waals surface area contributed by atoms with Gasteiger partial charge in [0.1, 0.15) is 5.60 Å². The van der Waals surface area contributed by atoms with Gasteiger partial charge in [-0.15, -0.1) is 0 Å². The summed E-state index contributed by atoms with van der Waals surface area (Å²) in [5, 5.41) is 8.74. The molecule has 0 aliphatic carbocycles. The van der Waals surface area contributed by atoms with Gasteiger partial charge in [-0.2, -0.15) is 5.26 Å². The summed E-state index contributed by atoms with van der Waals surface area (Å²) in [7, 11) is 0. The van der Waals surface area contributed by atoms with Gasteiger partial charge in [0.25, 0.3) is 0 Å². The van der Waals surface area contributed by atoms with Crippen LogP contribution in [0.2, 0.25) is 0 Å². The lowest BCUT2D eigenvalue weighted by Gasteiger charge is -2.19. The fourth-order valence-electron chi connectivity index (χ4n) is 1.27. The van der Waals surface area contributed by atoms with Crippen LogP contribution in [0.5, 0.6) is 0 Å². The lowest BCUT2D eigenvalue weighted by molar-refractivity contribution is 0.0497. The molecule has 1 amide bonds. The van der Waals surface area contributed by atoms with E-state index in [2.05, 4.69) is 16.9 Å². The molecule has 1 aromatic carbocycles. The van der Waals surface area contributed by atoms with E-state index in [0.717, 1.165) is 5.56 Å². The molecule has 1 rings (SSSR count). The summed E-state index contributed by atoms with van der Waals surface area (Å²) in [5.41, 5.74) is 6.15. The zero-order valence-corrected chi connectivity index (χ0v) is 10.8. The van der Waals surface area contributed by atoms with Gasteiger partial charge in [0.05, 0.1) is 11.6 Å². The number of hydrogen-bond donors (Lipinski definition) is 2. The van der Waals surface area contributed by atoms with Crippen molar-refractivity contribution < 1.29 is 9.53 Å². The van der Waals surface area contributed by atoms with Crippen molar-refractivity contribution >= 4 is 6.09 Å². The zero-order valence-electron chi connectivity index (χ0n) is 10.8. The lowest BCUT2D eigenvalue weighted by Crippen LogP contribution is -2.40. The second-order valence-corrected chi connectivity index (χ2v) is 4.79. The van der Waals surface area contributed by atoms with E-state index in [0.29, 0.717) is 12.1 Å². The van der Waals surface area contributed by atoms with E-state index in [9.17, 15) is 4.79 Å². The summed E-state index contributed by atoms with van der Waals surface area (Å²) in [6, 6.07) is 9.20. The summed E-state index contributed by atoms with van der Waals surface area (Å²) in [6.45, 7) is 5.81. The van der Waals surface area contributed by atoms with Crippen LogP contribution < -0.4 is 10.9 Å². The largest absolute Gasteiger partial charge is 0.443 e. The molecule has 0 atom stereocenters. The Labute approximate surface area is 107 Å². The number of carbonyl (C=O) groups is 1. The third-order valence-corrected chi connectivity index (χ3v) is 1.94. The Morgan fingerprint density at radius 3 is 2.78 bits per heavy atom. The van der Waals surface area contributed by atoms with Crippen LogP contribution in [0.4, 0.5) is 4.79 Å². The van der Waals surface area contributed by atoms with Crippen LogP contribution in [0, 0.1) is 11.3 Å². The minimum atomic E-state index is -0.529. The number of carbonyl (C=O) groups excluding carboxylic acids is 1. The molecule has 96 valence electrons. The van der Waals surface area contributed by atoms with E-state index >= 15 is 0 Å². The maximum absolute atomic E-state index is 11.3. The fourth-order valence-corrected chi connectivity index (χ4v) is 1.27. The van der Waals surface area contributed by atoms with Gasteiger partial charge in [0.2, 0.25) is 0 Å². The number of ether oxygens (including phenoxy) is 1. The van der Waals surface area contributed by atoms with Crippen LogP contribution in [-0.2, 0) is 11.3 Å². The van der Waals surface area contributed by atoms with Crippen molar-refractivity contribution in [3.05, 3.63) is 35.4 Å². The molecule has 0 radical (unpaired) electrons. The highest BCUT2D eigenvalue weighted by atomic mass is 16.6. The van der Waals surface area contributed by atoms with Crippen molar-refractivity contribution in [3.63, 3.8) is 0 Å². The van der Waals surface area contributed by atoms with Crippen LogP contribution in [0.25, 0.3) is 0 Å². The standard InChI is InChI=1S/C13H17N3O2/c1-13(2,3)18-12(17)16-15-9-11-6-4-5-10(7-11)8-14/h4-7,15H,9H2,1-3H3,(H,16,17). The fraction of sp³-hybridized carbons (Fsp3) is 0.385. The summed E-state index contributed by atoms with van der Waals surface area (Å²) in [6.07, 6.45) is -0.529. The highest BCUT2D eigenvalue weighted by molar-refractivity contribution is 5.66. The van der Waals surface area contributed by atoms with E-state index < -0.39 is 11.7 Å². The van der Waals surface area contributed by atoms with Gasteiger partial charge in [0.15, 0.2) is 0 Å². The predicted octanol–water partition coefficient (Wildman–Crippen LogP) is 2.09. The Morgan fingerprint density at radius 1 is 1.44 bits per heavy atom. The van der Waals surface area contributed by atoms with E-state index in [-0.39, 0.29) is 0 Å². The molecule has 5 heteroatoms. The zero-order chi connectivity index (χ0) is 13.6. The molecule has 0 spiro atoms. The maximum Gasteiger partial charge on any atom is 0.422 e. The molecule has 0 aromatic heterocycles. The Bertz CT molecular complexity index is 458. The van der Waals surface area contributed by atoms with E-state index in [1.54, 1.807) is 39.0 Å². The van der Waals surface area contributed by atoms with E-state index in [1.807, 2.05) is 6.07 Å². The highest BCUT2D eigenvalue weighted by Crippen LogP contribution is 2.06. The molecule has 5 nitrogen and oxygen atoms in total. The van der Waals surface area contributed by atoms with Crippen LogP contribution in [-0.4, -0.2) is 11.7 Å². The van der Waals surface area contributed by atoms with Crippen molar-refractivity contribution in [2.75, 3.05) is 0 Å². The number of benzene rings is 1. The van der Waals surface area contributed by atoms with Crippen molar-refractivity contribution in [2.24, 2.45) is 0 Å². The number of rotatable bonds is 3. The van der Waals surface area contributed by atoms with Gasteiger partial charge < -0.3 is 4.74 Å². The first kappa shape index (κ1) is 14.0. The smallest absolute Gasteiger partial charge is 0.422 e. The molecule has 0 aliphatic rings. The quantitative estimate of drug-likeness (QED) is 0.802. The number of nitriles is 1. The van der Waals surface area contributed by atoms with Gasteiger partial charge in [0, 0.05) is 6.54 Å². The predicted molar refractivity (Wildman–Crippen MR) is 67.4 cm³/mol. The van der Waals surface area contributed by atoms with E-state index in [1.165, 1.54) is 0 Å². The van der Waals surface area contributed by atoms with Crippen molar-refractivity contribution in [1.29, 1.82) is 5.26 Å². The van der Waals surface area contributed by atoms with E-state index in [4.69, 9.17) is 10.00 Å². The first-order valence-electron chi connectivity index (χ1n) is 5.61. The highest BCUT2D eigenvalue weighted by Gasteiger charge is 2.15. The Hall–Kier alpha value is -2.06. The molecule has 0 heterocycles. The molecule has 18 heavy (non-hydrogen) atoms. The van der Waals surface area contributed by atoms with Gasteiger partial charge in [-0.1, -0.05) is 12.1 Å². The molecular formula is C13H17N3O2. The molecule has 0 fully saturated rings. The van der Waals surface area contributed by atoms with Crippen LogP contribution in [0.1, 0.15) is 31.9 Å². The first-order valence-corrected chi connectivity index (χ1v) is 5.61. The molecule has 0 saturated heterocycles. The minimum Gasteiger partial charge on any atom is -0.443 e. The normalized spacial score (nSPS) is 10.6. The molecule has 0 saturated carbocycles. The Morgan fingerprint density at radius 2 is 2.17 bits per heavy atom. The van der Waals surface area contributed by atoms with Gasteiger partial charge >= 0.3 is 6.09 Å². The third kappa shape index (κ3) is 5.32. The third-order valence-electron chi connectivity index (χ3n) is 1.94. The maximum atomic E-state index is 11.3. The summed E-state index contributed by atoms with van der Waals surface area (Å²) in [4.78, 5) is 11.3. The molecule has 0 aliphatic heterocycles. The van der Waals surface area contributed by atoms with Crippen LogP contribution >= 0.6 is 0 Å². The molecular weight excluding hydrogens is 230 g/mol. The summed E-state index contributed by atoms with van der Waals surface area (Å²) >= 11 is 0. The average molecular weight is 247 g/mol. The monoisotopic (exact) mass is 247 g/mol. The molecule has 1 aromatic rings. The number of hydrazine groups is 1. The number of hydrogen-bond acceptors (Lipinski definition) is 4. The topological polar surface area (TPSA) is 74.2 Å². The summed E-state index contributed by atoms with van der Waals surface area (Å²) in [5.74, 6) is 0.